The topological polar surface area (TPSA) is 104 Å². The first kappa shape index (κ1) is 21.3. The SMILES string of the molecule is COCCc1noc(-c2ccccc2OC2CN(S(=O)(=O)c3ccc(OC)cc3)C2)n1. The van der Waals surface area contributed by atoms with Crippen LogP contribution in [0.1, 0.15) is 5.82 Å². The van der Waals surface area contributed by atoms with Crippen molar-refractivity contribution in [3.05, 3.63) is 54.4 Å². The molecule has 2 heterocycles. The summed E-state index contributed by atoms with van der Waals surface area (Å²) in [6.45, 7) is 1.01. The van der Waals surface area contributed by atoms with E-state index in [1.54, 1.807) is 25.3 Å². The molecule has 0 amide bonds. The molecule has 3 aromatic rings. The molecular formula is C21H23N3O6S. The lowest BCUT2D eigenvalue weighted by atomic mass is 10.2. The summed E-state index contributed by atoms with van der Waals surface area (Å²) in [7, 11) is -0.428. The Morgan fingerprint density at radius 2 is 1.84 bits per heavy atom. The molecule has 0 aliphatic carbocycles. The van der Waals surface area contributed by atoms with Crippen LogP contribution in [-0.4, -0.2) is 62.9 Å². The summed E-state index contributed by atoms with van der Waals surface area (Å²) < 4.78 is 48.5. The highest BCUT2D eigenvalue weighted by Crippen LogP contribution is 2.32. The highest BCUT2D eigenvalue weighted by atomic mass is 32.2. The average molecular weight is 445 g/mol. The number of nitrogens with zero attached hydrogens (tertiary/aromatic N) is 3. The van der Waals surface area contributed by atoms with Crippen LogP contribution in [0, 0.1) is 0 Å². The molecule has 0 radical (unpaired) electrons. The van der Waals surface area contributed by atoms with Gasteiger partial charge in [0.05, 0.1) is 37.3 Å². The molecular weight excluding hydrogens is 422 g/mol. The maximum Gasteiger partial charge on any atom is 0.261 e. The first-order valence-corrected chi connectivity index (χ1v) is 11.2. The third-order valence-corrected chi connectivity index (χ3v) is 6.77. The van der Waals surface area contributed by atoms with Gasteiger partial charge in [-0.25, -0.2) is 8.42 Å². The van der Waals surface area contributed by atoms with Gasteiger partial charge in [0.1, 0.15) is 17.6 Å². The van der Waals surface area contributed by atoms with Gasteiger partial charge in [-0.1, -0.05) is 17.3 Å². The van der Waals surface area contributed by atoms with Gasteiger partial charge in [0.15, 0.2) is 5.82 Å². The van der Waals surface area contributed by atoms with E-state index < -0.39 is 10.0 Å². The van der Waals surface area contributed by atoms with Crippen molar-refractivity contribution in [1.29, 1.82) is 0 Å². The molecule has 0 N–H and O–H groups in total. The van der Waals surface area contributed by atoms with Crippen molar-refractivity contribution < 1.29 is 27.2 Å². The number of methoxy groups -OCH3 is 2. The standard InChI is InChI=1S/C21H23N3O6S/c1-27-12-11-20-22-21(30-23-20)18-5-3-4-6-19(18)29-16-13-24(14-16)31(25,26)17-9-7-15(28-2)8-10-17/h3-10,16H,11-14H2,1-2H3. The zero-order chi connectivity index (χ0) is 21.8. The van der Waals surface area contributed by atoms with Crippen molar-refractivity contribution >= 4 is 10.0 Å². The van der Waals surface area contributed by atoms with E-state index in [1.165, 1.54) is 23.5 Å². The summed E-state index contributed by atoms with van der Waals surface area (Å²) in [5.41, 5.74) is 0.662. The van der Waals surface area contributed by atoms with Gasteiger partial charge in [-0.05, 0) is 36.4 Å². The Bertz CT molecular complexity index is 1120. The molecule has 10 heteroatoms. The maximum absolute atomic E-state index is 12.8. The lowest BCUT2D eigenvalue weighted by Gasteiger charge is -2.38. The van der Waals surface area contributed by atoms with Crippen molar-refractivity contribution in [1.82, 2.24) is 14.4 Å². The summed E-state index contributed by atoms with van der Waals surface area (Å²) in [5.74, 6) is 2.07. The molecule has 0 unspecified atom stereocenters. The van der Waals surface area contributed by atoms with Crippen LogP contribution in [0.25, 0.3) is 11.5 Å². The van der Waals surface area contributed by atoms with Crippen molar-refractivity contribution in [3.8, 4) is 23.0 Å². The normalized spacial score (nSPS) is 14.9. The first-order chi connectivity index (χ1) is 15.0. The zero-order valence-corrected chi connectivity index (χ0v) is 18.0. The minimum absolute atomic E-state index is 0.224. The van der Waals surface area contributed by atoms with E-state index in [0.29, 0.717) is 41.8 Å². The van der Waals surface area contributed by atoms with Crippen LogP contribution in [0.5, 0.6) is 11.5 Å². The lowest BCUT2D eigenvalue weighted by molar-refractivity contribution is 0.0765. The fraction of sp³-hybridized carbons (Fsp3) is 0.333. The number of sulfonamides is 1. The second-order valence-electron chi connectivity index (χ2n) is 6.99. The highest BCUT2D eigenvalue weighted by molar-refractivity contribution is 7.89. The number of rotatable bonds is 9. The summed E-state index contributed by atoms with van der Waals surface area (Å²) in [4.78, 5) is 4.61. The third kappa shape index (κ3) is 4.55. The Kier molecular flexibility index (Phi) is 6.21. The number of hydrogen-bond donors (Lipinski definition) is 0. The Morgan fingerprint density at radius 1 is 1.10 bits per heavy atom. The first-order valence-electron chi connectivity index (χ1n) is 9.73. The van der Waals surface area contributed by atoms with Gasteiger partial charge in [0.2, 0.25) is 10.0 Å². The van der Waals surface area contributed by atoms with Crippen LogP contribution in [0.2, 0.25) is 0 Å². The largest absolute Gasteiger partial charge is 0.497 e. The van der Waals surface area contributed by atoms with Gasteiger partial charge >= 0.3 is 0 Å². The second-order valence-corrected chi connectivity index (χ2v) is 8.93. The van der Waals surface area contributed by atoms with Crippen molar-refractivity contribution in [3.63, 3.8) is 0 Å². The Balaban J connectivity index is 1.42. The molecule has 0 atom stereocenters. The number of benzene rings is 2. The molecule has 0 bridgehead atoms. The second kappa shape index (κ2) is 9.04. The van der Waals surface area contributed by atoms with Crippen molar-refractivity contribution in [2.24, 2.45) is 0 Å². The average Bonchev–Trinajstić information content (AvgIpc) is 3.23. The van der Waals surface area contributed by atoms with Gasteiger partial charge in [-0.15, -0.1) is 0 Å². The molecule has 1 fully saturated rings. The van der Waals surface area contributed by atoms with Gasteiger partial charge in [-0.3, -0.25) is 0 Å². The number of para-hydroxylation sites is 1. The molecule has 1 aromatic heterocycles. The van der Waals surface area contributed by atoms with E-state index in [4.69, 9.17) is 18.7 Å². The molecule has 9 nitrogen and oxygen atoms in total. The number of ether oxygens (including phenoxy) is 3. The van der Waals surface area contributed by atoms with E-state index in [2.05, 4.69) is 10.1 Å². The van der Waals surface area contributed by atoms with E-state index in [1.807, 2.05) is 18.2 Å². The lowest BCUT2D eigenvalue weighted by Crippen LogP contribution is -2.55. The highest BCUT2D eigenvalue weighted by Gasteiger charge is 2.38. The summed E-state index contributed by atoms with van der Waals surface area (Å²) in [6, 6.07) is 13.6. The van der Waals surface area contributed by atoms with Crippen LogP contribution < -0.4 is 9.47 Å². The van der Waals surface area contributed by atoms with Crippen LogP contribution >= 0.6 is 0 Å². The van der Waals surface area contributed by atoms with Crippen molar-refractivity contribution in [2.75, 3.05) is 33.9 Å². The molecule has 1 saturated heterocycles. The maximum atomic E-state index is 12.8. The summed E-state index contributed by atoms with van der Waals surface area (Å²) in [6.07, 6.45) is 0.272. The molecule has 1 aliphatic rings. The minimum atomic E-state index is -3.58. The van der Waals surface area contributed by atoms with Gasteiger partial charge in [0.25, 0.3) is 5.89 Å². The van der Waals surface area contributed by atoms with E-state index in [-0.39, 0.29) is 24.1 Å². The van der Waals surface area contributed by atoms with E-state index in [0.717, 1.165) is 0 Å². The quantitative estimate of drug-likeness (QED) is 0.495. The van der Waals surface area contributed by atoms with Crippen LogP contribution in [0.4, 0.5) is 0 Å². The van der Waals surface area contributed by atoms with Gasteiger partial charge in [0, 0.05) is 13.5 Å². The fourth-order valence-corrected chi connectivity index (χ4v) is 4.66. The smallest absolute Gasteiger partial charge is 0.261 e. The van der Waals surface area contributed by atoms with Crippen LogP contribution in [0.3, 0.4) is 0 Å². The van der Waals surface area contributed by atoms with E-state index >= 15 is 0 Å². The summed E-state index contributed by atoms with van der Waals surface area (Å²) in [5, 5.41) is 3.96. The van der Waals surface area contributed by atoms with Gasteiger partial charge in [-0.2, -0.15) is 9.29 Å². The van der Waals surface area contributed by atoms with Gasteiger partial charge < -0.3 is 18.7 Å². The molecule has 31 heavy (non-hydrogen) atoms. The Hall–Kier alpha value is -2.95. The van der Waals surface area contributed by atoms with E-state index in [9.17, 15) is 8.42 Å². The molecule has 0 spiro atoms. The Morgan fingerprint density at radius 3 is 2.55 bits per heavy atom. The monoisotopic (exact) mass is 445 g/mol. The van der Waals surface area contributed by atoms with Crippen molar-refractivity contribution in [2.45, 2.75) is 17.4 Å². The molecule has 2 aromatic carbocycles. The predicted molar refractivity (Wildman–Crippen MR) is 111 cm³/mol. The predicted octanol–water partition coefficient (Wildman–Crippen LogP) is 2.39. The number of aromatic nitrogens is 2. The zero-order valence-electron chi connectivity index (χ0n) is 17.2. The number of hydrogen-bond acceptors (Lipinski definition) is 8. The molecule has 164 valence electrons. The molecule has 1 aliphatic heterocycles. The Labute approximate surface area is 180 Å². The third-order valence-electron chi connectivity index (χ3n) is 4.92. The minimum Gasteiger partial charge on any atom is -0.497 e. The molecule has 4 rings (SSSR count). The molecule has 0 saturated carbocycles. The van der Waals surface area contributed by atoms with Crippen LogP contribution in [0.15, 0.2) is 57.9 Å². The van der Waals surface area contributed by atoms with Crippen LogP contribution in [-0.2, 0) is 21.2 Å². The fourth-order valence-electron chi connectivity index (χ4n) is 3.15. The summed E-state index contributed by atoms with van der Waals surface area (Å²) >= 11 is 0.